The van der Waals surface area contributed by atoms with Gasteiger partial charge in [0.2, 0.25) is 11.6 Å². The number of nitrogens with one attached hydrogen (secondary N) is 1. The zero-order chi connectivity index (χ0) is 17.9. The van der Waals surface area contributed by atoms with E-state index in [1.807, 2.05) is 0 Å². The first kappa shape index (κ1) is 18.5. The molecule has 0 bridgehead atoms. The summed E-state index contributed by atoms with van der Waals surface area (Å²) in [6.07, 6.45) is 2.21. The van der Waals surface area contributed by atoms with Crippen LogP contribution in [0, 0.1) is 0 Å². The maximum atomic E-state index is 12.6. The quantitative estimate of drug-likeness (QED) is 0.580. The minimum Gasteiger partial charge on any atom is -0.480 e. The van der Waals surface area contributed by atoms with Crippen molar-refractivity contribution in [3.63, 3.8) is 0 Å². The van der Waals surface area contributed by atoms with Crippen molar-refractivity contribution >= 4 is 12.1 Å². The molecule has 9 heteroatoms. The first-order valence-electron chi connectivity index (χ1n) is 8.75. The van der Waals surface area contributed by atoms with E-state index in [2.05, 4.69) is 0 Å². The number of hydrogen-bond donors (Lipinski definition) is 2. The Labute approximate surface area is 144 Å². The average molecular weight is 361 g/mol. The molecule has 0 aromatic rings. The van der Waals surface area contributed by atoms with Gasteiger partial charge in [-0.2, -0.15) is 0 Å². The summed E-state index contributed by atoms with van der Waals surface area (Å²) in [6.45, 7) is 1.15. The molecule has 2 N–H and O–H groups in total. The molecule has 3 heterocycles. The number of carboxylic acids is 1. The Morgan fingerprint density at radius 1 is 1.08 bits per heavy atom. The van der Waals surface area contributed by atoms with E-state index in [4.69, 9.17) is 24.1 Å². The van der Waals surface area contributed by atoms with Crippen LogP contribution in [-0.4, -0.2) is 60.8 Å². The fourth-order valence-corrected chi connectivity index (χ4v) is 3.81. The Kier molecular flexibility index (Phi) is 5.57. The van der Waals surface area contributed by atoms with Crippen LogP contribution in [0.25, 0.3) is 0 Å². The molecule has 2 spiro atoms. The number of carboxylic acid groups (broad SMARTS) is 1. The van der Waals surface area contributed by atoms with Gasteiger partial charge in [-0.25, -0.2) is 9.59 Å². The Balaban J connectivity index is 1.74. The monoisotopic (exact) mass is 361 g/mol. The van der Waals surface area contributed by atoms with Crippen molar-refractivity contribution < 1.29 is 38.0 Å². The number of rotatable bonds is 4. The number of amides is 1. The lowest BCUT2D eigenvalue weighted by molar-refractivity contribution is -0.466. The normalized spacial score (nSPS) is 36.9. The summed E-state index contributed by atoms with van der Waals surface area (Å²) < 4.78 is 36.7. The third-order valence-corrected chi connectivity index (χ3v) is 5.00. The zero-order valence-electron chi connectivity index (χ0n) is 14.0. The molecule has 0 radical (unpaired) electrons. The standard InChI is InChI=1S/C16H24FNO7/c17-14(21)18-12(13(19)20)9-11-10-24-15(5-1-3-7-22-15)16(25-11)6-2-4-8-23-16/h11-12H,1-10H2,(H,18,21)(H,19,20). The smallest absolute Gasteiger partial charge is 0.398 e. The largest absolute Gasteiger partial charge is 0.480 e. The molecule has 0 aromatic heterocycles. The highest BCUT2D eigenvalue weighted by molar-refractivity contribution is 5.79. The molecule has 3 rings (SSSR count). The molecule has 142 valence electrons. The summed E-state index contributed by atoms with van der Waals surface area (Å²) in [7, 11) is 0. The summed E-state index contributed by atoms with van der Waals surface area (Å²) in [5.41, 5.74) is 0. The highest BCUT2D eigenvalue weighted by Gasteiger charge is 2.61. The second kappa shape index (κ2) is 7.53. The molecule has 3 aliphatic heterocycles. The molecule has 1 amide bonds. The van der Waals surface area contributed by atoms with Gasteiger partial charge in [-0.05, 0) is 25.7 Å². The molecule has 3 saturated heterocycles. The lowest BCUT2D eigenvalue weighted by atomic mass is 9.89. The van der Waals surface area contributed by atoms with Crippen LogP contribution in [0.1, 0.15) is 44.9 Å². The predicted molar refractivity (Wildman–Crippen MR) is 81.6 cm³/mol. The van der Waals surface area contributed by atoms with Crippen LogP contribution in [0.3, 0.4) is 0 Å². The van der Waals surface area contributed by atoms with E-state index in [1.54, 1.807) is 5.32 Å². The molecule has 25 heavy (non-hydrogen) atoms. The second-order valence-electron chi connectivity index (χ2n) is 6.71. The summed E-state index contributed by atoms with van der Waals surface area (Å²) in [6, 6.07) is -1.40. The van der Waals surface area contributed by atoms with Crippen LogP contribution in [0.5, 0.6) is 0 Å². The van der Waals surface area contributed by atoms with Crippen molar-refractivity contribution in [1.82, 2.24) is 5.32 Å². The first-order chi connectivity index (χ1) is 12.0. The highest BCUT2D eigenvalue weighted by atomic mass is 19.1. The summed E-state index contributed by atoms with van der Waals surface area (Å²) in [4.78, 5) is 21.8. The zero-order valence-corrected chi connectivity index (χ0v) is 14.0. The number of carbonyl (C=O) groups is 2. The fraction of sp³-hybridized carbons (Fsp3) is 0.875. The number of fused-ring (bicyclic) bond motifs is 1. The summed E-state index contributed by atoms with van der Waals surface area (Å²) in [5, 5.41) is 10.9. The van der Waals surface area contributed by atoms with Gasteiger partial charge >= 0.3 is 12.1 Å². The molecule has 3 aliphatic rings. The van der Waals surface area contributed by atoms with Gasteiger partial charge in [0.05, 0.1) is 25.9 Å². The molecular weight excluding hydrogens is 337 g/mol. The first-order valence-corrected chi connectivity index (χ1v) is 8.75. The number of aliphatic carboxylic acids is 1. The molecule has 0 aliphatic carbocycles. The van der Waals surface area contributed by atoms with E-state index in [-0.39, 0.29) is 13.0 Å². The van der Waals surface area contributed by atoms with E-state index in [0.29, 0.717) is 26.1 Å². The molecule has 8 nitrogen and oxygen atoms in total. The van der Waals surface area contributed by atoms with Crippen molar-refractivity contribution in [1.29, 1.82) is 0 Å². The Morgan fingerprint density at radius 3 is 2.24 bits per heavy atom. The Bertz CT molecular complexity index is 503. The van der Waals surface area contributed by atoms with Gasteiger partial charge < -0.3 is 29.4 Å². The van der Waals surface area contributed by atoms with Gasteiger partial charge in [0.1, 0.15) is 6.04 Å². The number of halogens is 1. The van der Waals surface area contributed by atoms with Crippen LogP contribution < -0.4 is 5.32 Å². The Hall–Kier alpha value is -1.29. The third kappa shape index (κ3) is 3.79. The lowest BCUT2D eigenvalue weighted by Crippen LogP contribution is -2.68. The summed E-state index contributed by atoms with van der Waals surface area (Å²) in [5.74, 6) is -3.40. The van der Waals surface area contributed by atoms with Gasteiger partial charge in [-0.3, -0.25) is 0 Å². The molecule has 4 atom stereocenters. The van der Waals surface area contributed by atoms with E-state index < -0.39 is 35.9 Å². The number of ether oxygens (including phenoxy) is 4. The van der Waals surface area contributed by atoms with Crippen molar-refractivity contribution in [3.8, 4) is 0 Å². The minimum atomic E-state index is -1.89. The second-order valence-corrected chi connectivity index (χ2v) is 6.71. The van der Waals surface area contributed by atoms with Gasteiger partial charge in [0.15, 0.2) is 0 Å². The SMILES string of the molecule is O=C(F)NC(CC1COC2(CCCCO2)C2(CCCCO2)O1)C(=O)O. The third-order valence-electron chi connectivity index (χ3n) is 5.00. The molecule has 0 saturated carbocycles. The van der Waals surface area contributed by atoms with Gasteiger partial charge in [-0.1, -0.05) is 0 Å². The maximum Gasteiger partial charge on any atom is 0.398 e. The average Bonchev–Trinajstić information content (AvgIpc) is 2.59. The summed E-state index contributed by atoms with van der Waals surface area (Å²) >= 11 is 0. The van der Waals surface area contributed by atoms with Crippen LogP contribution in [-0.2, 0) is 23.7 Å². The Morgan fingerprint density at radius 2 is 1.72 bits per heavy atom. The molecule has 4 unspecified atom stereocenters. The van der Waals surface area contributed by atoms with Gasteiger partial charge in [0, 0.05) is 19.3 Å². The van der Waals surface area contributed by atoms with Crippen LogP contribution in [0.2, 0.25) is 0 Å². The van der Waals surface area contributed by atoms with E-state index in [0.717, 1.165) is 25.7 Å². The lowest BCUT2D eigenvalue weighted by Gasteiger charge is -2.56. The van der Waals surface area contributed by atoms with Gasteiger partial charge in [0.25, 0.3) is 0 Å². The molecular formula is C16H24FNO7. The van der Waals surface area contributed by atoms with Gasteiger partial charge in [-0.15, -0.1) is 4.39 Å². The van der Waals surface area contributed by atoms with E-state index in [9.17, 15) is 14.0 Å². The highest BCUT2D eigenvalue weighted by Crippen LogP contribution is 2.48. The molecule has 3 fully saturated rings. The van der Waals surface area contributed by atoms with Crippen LogP contribution in [0.15, 0.2) is 0 Å². The van der Waals surface area contributed by atoms with Crippen molar-refractivity contribution in [2.75, 3.05) is 19.8 Å². The predicted octanol–water partition coefficient (Wildman–Crippen LogP) is 1.72. The van der Waals surface area contributed by atoms with E-state index >= 15 is 0 Å². The fourth-order valence-electron chi connectivity index (χ4n) is 3.81. The van der Waals surface area contributed by atoms with Crippen molar-refractivity contribution in [2.24, 2.45) is 0 Å². The maximum absolute atomic E-state index is 12.6. The topological polar surface area (TPSA) is 103 Å². The van der Waals surface area contributed by atoms with E-state index in [1.165, 1.54) is 0 Å². The van der Waals surface area contributed by atoms with Crippen LogP contribution in [0.4, 0.5) is 9.18 Å². The minimum absolute atomic E-state index is 0.0943. The number of hydrogen-bond acceptors (Lipinski definition) is 6. The van der Waals surface area contributed by atoms with Crippen molar-refractivity contribution in [2.45, 2.75) is 68.7 Å². The molecule has 0 aromatic carbocycles. The number of carbonyl (C=O) groups excluding carboxylic acids is 1. The van der Waals surface area contributed by atoms with Crippen molar-refractivity contribution in [3.05, 3.63) is 0 Å². The van der Waals surface area contributed by atoms with Crippen LogP contribution >= 0.6 is 0 Å².